The zero-order chi connectivity index (χ0) is 19.9. The van der Waals surface area contributed by atoms with Crippen LogP contribution in [-0.2, 0) is 23.2 Å². The van der Waals surface area contributed by atoms with Gasteiger partial charge in [0.2, 0.25) is 0 Å². The smallest absolute Gasteiger partial charge is 0.325 e. The minimum atomic E-state index is -1.06. The summed E-state index contributed by atoms with van der Waals surface area (Å²) >= 11 is 0. The van der Waals surface area contributed by atoms with E-state index in [0.29, 0.717) is 6.54 Å². The summed E-state index contributed by atoms with van der Waals surface area (Å²) < 4.78 is 0. The Bertz CT molecular complexity index is 772. The topological polar surface area (TPSA) is 72.9 Å². The van der Waals surface area contributed by atoms with Gasteiger partial charge in [-0.25, -0.2) is 4.79 Å². The summed E-state index contributed by atoms with van der Waals surface area (Å²) in [7, 11) is 0. The zero-order valence-corrected chi connectivity index (χ0v) is 16.9. The molecule has 2 saturated heterocycles. The van der Waals surface area contributed by atoms with Crippen LogP contribution in [-0.4, -0.2) is 59.1 Å². The molecule has 3 amide bonds. The number of carbonyl (C=O) groups is 2. The van der Waals surface area contributed by atoms with Gasteiger partial charge in [0, 0.05) is 6.54 Å². The van der Waals surface area contributed by atoms with Crippen LogP contribution in [0.1, 0.15) is 49.8 Å². The Morgan fingerprint density at radius 1 is 1.18 bits per heavy atom. The number of hydrogen-bond donors (Lipinski definition) is 2. The van der Waals surface area contributed by atoms with Crippen LogP contribution >= 0.6 is 0 Å². The summed E-state index contributed by atoms with van der Waals surface area (Å²) in [6, 6.07) is 5.68. The maximum absolute atomic E-state index is 13.1. The monoisotopic (exact) mass is 385 g/mol. The Morgan fingerprint density at radius 2 is 1.89 bits per heavy atom. The molecule has 6 heteroatoms. The summed E-state index contributed by atoms with van der Waals surface area (Å²) in [4.78, 5) is 29.1. The second-order valence-corrected chi connectivity index (χ2v) is 8.94. The number of likely N-dealkylation sites (tertiary alicyclic amines) is 1. The molecule has 1 aromatic carbocycles. The molecule has 0 bridgehead atoms. The molecule has 1 aromatic rings. The molecule has 2 fully saturated rings. The largest absolute Gasteiger partial charge is 0.390 e. The number of carbonyl (C=O) groups excluding carboxylic acids is 2. The highest BCUT2D eigenvalue weighted by molar-refractivity contribution is 6.07. The van der Waals surface area contributed by atoms with Crippen molar-refractivity contribution in [3.8, 4) is 0 Å². The number of benzene rings is 1. The first kappa shape index (κ1) is 19.4. The first-order chi connectivity index (χ1) is 13.4. The molecule has 0 saturated carbocycles. The molecular weight excluding hydrogens is 354 g/mol. The van der Waals surface area contributed by atoms with Crippen LogP contribution in [0.4, 0.5) is 4.79 Å². The summed E-state index contributed by atoms with van der Waals surface area (Å²) in [5.74, 6) is 0.453. The van der Waals surface area contributed by atoms with E-state index in [1.807, 2.05) is 6.07 Å². The van der Waals surface area contributed by atoms with Crippen molar-refractivity contribution in [3.05, 3.63) is 34.9 Å². The predicted molar refractivity (Wildman–Crippen MR) is 107 cm³/mol. The minimum Gasteiger partial charge on any atom is -0.390 e. The van der Waals surface area contributed by atoms with E-state index in [0.717, 1.165) is 56.7 Å². The highest BCUT2D eigenvalue weighted by Gasteiger charge is 2.49. The lowest BCUT2D eigenvalue weighted by Gasteiger charge is -2.32. The summed E-state index contributed by atoms with van der Waals surface area (Å²) in [5.41, 5.74) is 2.38. The third-order valence-corrected chi connectivity index (χ3v) is 6.69. The molecule has 28 heavy (non-hydrogen) atoms. The second-order valence-electron chi connectivity index (χ2n) is 8.94. The third-order valence-electron chi connectivity index (χ3n) is 6.69. The van der Waals surface area contributed by atoms with Gasteiger partial charge in [-0.15, -0.1) is 0 Å². The number of aryl methyl sites for hydroxylation is 2. The van der Waals surface area contributed by atoms with Gasteiger partial charge in [-0.1, -0.05) is 25.1 Å². The Kier molecular flexibility index (Phi) is 5.19. The molecule has 152 valence electrons. The van der Waals surface area contributed by atoms with Crippen LogP contribution in [0.15, 0.2) is 18.2 Å². The number of imide groups is 1. The molecule has 3 aliphatic rings. The van der Waals surface area contributed by atoms with E-state index in [1.54, 1.807) is 6.92 Å². The van der Waals surface area contributed by atoms with E-state index in [-0.39, 0.29) is 12.5 Å². The molecule has 2 unspecified atom stereocenters. The number of nitrogens with zero attached hydrogens (tertiary/aromatic N) is 2. The summed E-state index contributed by atoms with van der Waals surface area (Å²) in [5, 5.41) is 13.4. The van der Waals surface area contributed by atoms with Gasteiger partial charge in [-0.05, 0) is 74.7 Å². The lowest BCUT2D eigenvalue weighted by molar-refractivity contribution is -0.132. The van der Waals surface area contributed by atoms with Crippen molar-refractivity contribution in [3.63, 3.8) is 0 Å². The van der Waals surface area contributed by atoms with Crippen molar-refractivity contribution < 1.29 is 14.7 Å². The quantitative estimate of drug-likeness (QED) is 0.761. The molecule has 4 rings (SSSR count). The maximum Gasteiger partial charge on any atom is 0.325 e. The number of amides is 3. The number of piperidine rings is 1. The SMILES string of the molecule is CC1CCN(CC(O)CN2C(=O)NC(C)(c3ccc4c(c3)CCC4)C2=O)CC1. The molecular formula is C22H31N3O3. The van der Waals surface area contributed by atoms with Crippen molar-refractivity contribution in [2.45, 2.75) is 57.6 Å². The van der Waals surface area contributed by atoms with Gasteiger partial charge in [0.15, 0.2) is 0 Å². The van der Waals surface area contributed by atoms with Crippen LogP contribution in [0.25, 0.3) is 0 Å². The summed E-state index contributed by atoms with van der Waals surface area (Å²) in [6.45, 7) is 6.48. The number of nitrogens with one attached hydrogen (secondary N) is 1. The van der Waals surface area contributed by atoms with Gasteiger partial charge < -0.3 is 15.3 Å². The first-order valence-corrected chi connectivity index (χ1v) is 10.5. The van der Waals surface area contributed by atoms with E-state index < -0.39 is 17.7 Å². The number of β-amino-alcohol motifs (C(OH)–C–C–N with tert-alkyl or cyclic N) is 1. The first-order valence-electron chi connectivity index (χ1n) is 10.5. The minimum absolute atomic E-state index is 0.0389. The Balaban J connectivity index is 1.43. The highest BCUT2D eigenvalue weighted by atomic mass is 16.3. The Labute approximate surface area is 166 Å². The van der Waals surface area contributed by atoms with Crippen molar-refractivity contribution in [1.29, 1.82) is 0 Å². The standard InChI is InChI=1S/C22H31N3O3/c1-15-8-10-24(11-9-15)13-19(26)14-25-20(27)22(2,23-21(25)28)18-7-6-16-4-3-5-17(16)12-18/h6-7,12,15,19,26H,3-5,8-11,13-14H2,1-2H3,(H,23,28). The molecule has 0 radical (unpaired) electrons. The van der Waals surface area contributed by atoms with Gasteiger partial charge in [0.05, 0.1) is 12.6 Å². The molecule has 0 aromatic heterocycles. The summed E-state index contributed by atoms with van der Waals surface area (Å²) in [6.07, 6.45) is 4.78. The lowest BCUT2D eigenvalue weighted by atomic mass is 9.89. The number of rotatable bonds is 5. The van der Waals surface area contributed by atoms with E-state index in [2.05, 4.69) is 29.3 Å². The van der Waals surface area contributed by atoms with Crippen molar-refractivity contribution in [1.82, 2.24) is 15.1 Å². The molecule has 0 spiro atoms. The van der Waals surface area contributed by atoms with E-state index in [9.17, 15) is 14.7 Å². The van der Waals surface area contributed by atoms with Gasteiger partial charge in [-0.3, -0.25) is 9.69 Å². The fraction of sp³-hybridized carbons (Fsp3) is 0.636. The predicted octanol–water partition coefficient (Wildman–Crippen LogP) is 2.04. The fourth-order valence-electron chi connectivity index (χ4n) is 4.75. The molecule has 2 aliphatic heterocycles. The second kappa shape index (κ2) is 7.48. The number of fused-ring (bicyclic) bond motifs is 1. The maximum atomic E-state index is 13.1. The molecule has 2 heterocycles. The van der Waals surface area contributed by atoms with Gasteiger partial charge in [-0.2, -0.15) is 0 Å². The van der Waals surface area contributed by atoms with Gasteiger partial charge >= 0.3 is 6.03 Å². The van der Waals surface area contributed by atoms with Crippen molar-refractivity contribution in [2.24, 2.45) is 5.92 Å². The van der Waals surface area contributed by atoms with Crippen LogP contribution in [0.3, 0.4) is 0 Å². The molecule has 6 nitrogen and oxygen atoms in total. The third kappa shape index (κ3) is 3.55. The van der Waals surface area contributed by atoms with Gasteiger partial charge in [0.1, 0.15) is 5.54 Å². The lowest BCUT2D eigenvalue weighted by Crippen LogP contribution is -2.45. The van der Waals surface area contributed by atoms with E-state index in [1.165, 1.54) is 16.0 Å². The van der Waals surface area contributed by atoms with Crippen molar-refractivity contribution in [2.75, 3.05) is 26.2 Å². The Morgan fingerprint density at radius 3 is 2.64 bits per heavy atom. The molecule has 2 atom stereocenters. The van der Waals surface area contributed by atoms with E-state index in [4.69, 9.17) is 0 Å². The van der Waals surface area contributed by atoms with Crippen LogP contribution in [0, 0.1) is 5.92 Å². The Hall–Kier alpha value is -1.92. The number of urea groups is 1. The number of hydrogen-bond acceptors (Lipinski definition) is 4. The number of aliphatic hydroxyl groups is 1. The highest BCUT2D eigenvalue weighted by Crippen LogP contribution is 2.32. The average molecular weight is 386 g/mol. The van der Waals surface area contributed by atoms with Crippen LogP contribution in [0.5, 0.6) is 0 Å². The van der Waals surface area contributed by atoms with Gasteiger partial charge in [0.25, 0.3) is 5.91 Å². The average Bonchev–Trinajstić information content (AvgIpc) is 3.22. The van der Waals surface area contributed by atoms with Crippen LogP contribution in [0.2, 0.25) is 0 Å². The molecule has 1 aliphatic carbocycles. The number of aliphatic hydroxyl groups excluding tert-OH is 1. The molecule has 2 N–H and O–H groups in total. The van der Waals surface area contributed by atoms with E-state index >= 15 is 0 Å². The van der Waals surface area contributed by atoms with Crippen molar-refractivity contribution >= 4 is 11.9 Å². The fourth-order valence-corrected chi connectivity index (χ4v) is 4.75. The normalized spacial score (nSPS) is 27.2. The zero-order valence-electron chi connectivity index (χ0n) is 16.9. The van der Waals surface area contributed by atoms with Crippen LogP contribution < -0.4 is 5.32 Å².